The third kappa shape index (κ3) is 1.32. The van der Waals surface area contributed by atoms with E-state index in [1.54, 1.807) is 6.20 Å². The molecule has 15 heavy (non-hydrogen) atoms. The summed E-state index contributed by atoms with van der Waals surface area (Å²) in [6, 6.07) is 7.75. The lowest BCUT2D eigenvalue weighted by molar-refractivity contribution is 0.881. The zero-order valence-electron chi connectivity index (χ0n) is 7.62. The van der Waals surface area contributed by atoms with Crippen LogP contribution in [0.25, 0.3) is 22.6 Å². The van der Waals surface area contributed by atoms with Gasteiger partial charge >= 0.3 is 0 Å². The molecule has 0 fully saturated rings. The maximum Gasteiger partial charge on any atom is 0.217 e. The molecule has 0 spiro atoms. The van der Waals surface area contributed by atoms with Gasteiger partial charge in [0.15, 0.2) is 5.82 Å². The number of aromatic nitrogens is 6. The van der Waals surface area contributed by atoms with Crippen LogP contribution in [0.2, 0.25) is 0 Å². The standard InChI is InChI=1S/C9H6N6/c1-2-4-7-6(3-1)5-10-8(11-7)9-12-14-15-13-9/h1-5H,(H,12,13,14,15). The summed E-state index contributed by atoms with van der Waals surface area (Å²) in [5.74, 6) is 0.972. The van der Waals surface area contributed by atoms with Crippen LogP contribution in [0.4, 0.5) is 0 Å². The number of aromatic amines is 1. The molecule has 72 valence electrons. The molecule has 0 saturated heterocycles. The average Bonchev–Trinajstić information content (AvgIpc) is 2.82. The van der Waals surface area contributed by atoms with E-state index < -0.39 is 0 Å². The lowest BCUT2D eigenvalue weighted by Gasteiger charge is -1.97. The Hall–Kier alpha value is -2.37. The second kappa shape index (κ2) is 3.09. The predicted octanol–water partition coefficient (Wildman–Crippen LogP) is 0.810. The molecule has 1 aromatic carbocycles. The van der Waals surface area contributed by atoms with Gasteiger partial charge in [-0.25, -0.2) is 15.1 Å². The number of H-pyrrole nitrogens is 1. The van der Waals surface area contributed by atoms with Crippen molar-refractivity contribution in [3.63, 3.8) is 0 Å². The van der Waals surface area contributed by atoms with Gasteiger partial charge in [-0.05, 0) is 16.5 Å². The lowest BCUT2D eigenvalue weighted by atomic mass is 10.2. The monoisotopic (exact) mass is 198 g/mol. The smallest absolute Gasteiger partial charge is 0.217 e. The number of para-hydroxylation sites is 1. The first-order valence-electron chi connectivity index (χ1n) is 4.39. The molecule has 6 nitrogen and oxygen atoms in total. The van der Waals surface area contributed by atoms with Gasteiger partial charge in [0.1, 0.15) is 0 Å². The molecular weight excluding hydrogens is 192 g/mol. The van der Waals surface area contributed by atoms with E-state index in [-0.39, 0.29) is 0 Å². The van der Waals surface area contributed by atoms with E-state index in [0.29, 0.717) is 11.6 Å². The Balaban J connectivity index is 2.22. The van der Waals surface area contributed by atoms with Gasteiger partial charge in [0.25, 0.3) is 0 Å². The van der Waals surface area contributed by atoms with Gasteiger partial charge in [0.2, 0.25) is 5.82 Å². The van der Waals surface area contributed by atoms with Crippen molar-refractivity contribution in [2.45, 2.75) is 0 Å². The Labute approximate surface area is 84.4 Å². The highest BCUT2D eigenvalue weighted by Gasteiger charge is 2.05. The summed E-state index contributed by atoms with van der Waals surface area (Å²) in [7, 11) is 0. The molecule has 0 radical (unpaired) electrons. The van der Waals surface area contributed by atoms with Crippen LogP contribution in [-0.2, 0) is 0 Å². The number of hydrogen-bond acceptors (Lipinski definition) is 5. The van der Waals surface area contributed by atoms with Crippen LogP contribution in [0.3, 0.4) is 0 Å². The van der Waals surface area contributed by atoms with E-state index >= 15 is 0 Å². The van der Waals surface area contributed by atoms with Crippen molar-refractivity contribution in [2.24, 2.45) is 0 Å². The first-order chi connectivity index (χ1) is 7.43. The van der Waals surface area contributed by atoms with Crippen LogP contribution in [0.15, 0.2) is 30.5 Å². The fraction of sp³-hybridized carbons (Fsp3) is 0. The minimum absolute atomic E-state index is 0.473. The summed E-state index contributed by atoms with van der Waals surface area (Å²) < 4.78 is 0. The van der Waals surface area contributed by atoms with Crippen molar-refractivity contribution in [1.82, 2.24) is 30.6 Å². The van der Waals surface area contributed by atoms with E-state index in [0.717, 1.165) is 10.9 Å². The van der Waals surface area contributed by atoms with Gasteiger partial charge in [-0.1, -0.05) is 18.2 Å². The van der Waals surface area contributed by atoms with Crippen LogP contribution in [0, 0.1) is 0 Å². The van der Waals surface area contributed by atoms with Crippen LogP contribution >= 0.6 is 0 Å². The van der Waals surface area contributed by atoms with Gasteiger partial charge in [0.05, 0.1) is 5.52 Å². The number of tetrazole rings is 1. The van der Waals surface area contributed by atoms with Gasteiger partial charge in [-0.2, -0.15) is 0 Å². The molecule has 2 heterocycles. The van der Waals surface area contributed by atoms with E-state index in [1.807, 2.05) is 24.3 Å². The third-order valence-electron chi connectivity index (χ3n) is 2.05. The minimum atomic E-state index is 0.473. The van der Waals surface area contributed by atoms with Crippen molar-refractivity contribution < 1.29 is 0 Å². The fourth-order valence-corrected chi connectivity index (χ4v) is 1.34. The highest BCUT2D eigenvalue weighted by molar-refractivity contribution is 5.78. The van der Waals surface area contributed by atoms with Crippen molar-refractivity contribution >= 4 is 10.9 Å². The molecule has 3 aromatic rings. The predicted molar refractivity (Wildman–Crippen MR) is 52.7 cm³/mol. The second-order valence-corrected chi connectivity index (χ2v) is 3.00. The summed E-state index contributed by atoms with van der Waals surface area (Å²) in [5, 5.41) is 14.3. The quantitative estimate of drug-likeness (QED) is 0.625. The topological polar surface area (TPSA) is 80.2 Å². The molecule has 1 N–H and O–H groups in total. The molecule has 2 aromatic heterocycles. The number of nitrogens with zero attached hydrogens (tertiary/aromatic N) is 5. The van der Waals surface area contributed by atoms with Crippen LogP contribution in [0.5, 0.6) is 0 Å². The van der Waals surface area contributed by atoms with Gasteiger partial charge in [0, 0.05) is 11.6 Å². The Morgan fingerprint density at radius 1 is 1.13 bits per heavy atom. The van der Waals surface area contributed by atoms with Crippen molar-refractivity contribution in [2.75, 3.05) is 0 Å². The Bertz CT molecular complexity index is 588. The number of benzene rings is 1. The maximum atomic E-state index is 4.33. The minimum Gasteiger partial charge on any atom is -0.236 e. The molecule has 0 amide bonds. The van der Waals surface area contributed by atoms with Crippen molar-refractivity contribution in [3.8, 4) is 11.6 Å². The number of nitrogens with one attached hydrogen (secondary N) is 1. The molecule has 0 aliphatic heterocycles. The lowest BCUT2D eigenvalue weighted by Crippen LogP contribution is -1.91. The first kappa shape index (κ1) is 7.98. The second-order valence-electron chi connectivity index (χ2n) is 3.00. The molecule has 3 rings (SSSR count). The molecule has 0 aliphatic rings. The summed E-state index contributed by atoms with van der Waals surface area (Å²) >= 11 is 0. The normalized spacial score (nSPS) is 10.7. The van der Waals surface area contributed by atoms with E-state index in [1.165, 1.54) is 0 Å². The SMILES string of the molecule is c1ccc2nc(-c3nnn[nH]3)ncc2c1. The molecule has 0 unspecified atom stereocenters. The number of fused-ring (bicyclic) bond motifs is 1. The molecule has 0 atom stereocenters. The average molecular weight is 198 g/mol. The molecular formula is C9H6N6. The maximum absolute atomic E-state index is 4.33. The summed E-state index contributed by atoms with van der Waals surface area (Å²) in [4.78, 5) is 8.50. The van der Waals surface area contributed by atoms with Gasteiger partial charge in [-0.15, -0.1) is 5.10 Å². The van der Waals surface area contributed by atoms with Gasteiger partial charge < -0.3 is 0 Å². The Kier molecular flexibility index (Phi) is 1.64. The van der Waals surface area contributed by atoms with Crippen molar-refractivity contribution in [1.29, 1.82) is 0 Å². The fourth-order valence-electron chi connectivity index (χ4n) is 1.34. The zero-order valence-corrected chi connectivity index (χ0v) is 7.62. The highest BCUT2D eigenvalue weighted by atomic mass is 15.5. The van der Waals surface area contributed by atoms with Crippen LogP contribution in [0.1, 0.15) is 0 Å². The molecule has 6 heteroatoms. The number of hydrogen-bond donors (Lipinski definition) is 1. The van der Waals surface area contributed by atoms with E-state index in [9.17, 15) is 0 Å². The first-order valence-corrected chi connectivity index (χ1v) is 4.39. The molecule has 0 bridgehead atoms. The third-order valence-corrected chi connectivity index (χ3v) is 2.05. The zero-order chi connectivity index (χ0) is 10.1. The largest absolute Gasteiger partial charge is 0.236 e. The van der Waals surface area contributed by atoms with Crippen LogP contribution < -0.4 is 0 Å². The Morgan fingerprint density at radius 3 is 2.93 bits per heavy atom. The molecule has 0 aliphatic carbocycles. The number of rotatable bonds is 1. The van der Waals surface area contributed by atoms with Gasteiger partial charge in [-0.3, -0.25) is 0 Å². The van der Waals surface area contributed by atoms with E-state index in [2.05, 4.69) is 30.6 Å². The van der Waals surface area contributed by atoms with Crippen LogP contribution in [-0.4, -0.2) is 30.6 Å². The summed E-state index contributed by atoms with van der Waals surface area (Å²) in [6.07, 6.45) is 1.75. The summed E-state index contributed by atoms with van der Waals surface area (Å²) in [6.45, 7) is 0. The Morgan fingerprint density at radius 2 is 2.07 bits per heavy atom. The van der Waals surface area contributed by atoms with Crippen molar-refractivity contribution in [3.05, 3.63) is 30.5 Å². The summed E-state index contributed by atoms with van der Waals surface area (Å²) in [5.41, 5.74) is 0.874. The van der Waals surface area contributed by atoms with E-state index in [4.69, 9.17) is 0 Å². The highest BCUT2D eigenvalue weighted by Crippen LogP contribution is 2.13. The molecule has 0 saturated carbocycles.